The summed E-state index contributed by atoms with van der Waals surface area (Å²) in [4.78, 5) is 20.9. The minimum atomic E-state index is -0.346. The predicted octanol–water partition coefficient (Wildman–Crippen LogP) is 3.45. The summed E-state index contributed by atoms with van der Waals surface area (Å²) in [5, 5.41) is 3.81. The Morgan fingerprint density at radius 2 is 1.75 bits per heavy atom. The summed E-state index contributed by atoms with van der Waals surface area (Å²) in [6.07, 6.45) is 0. The van der Waals surface area contributed by atoms with Crippen molar-refractivity contribution < 1.29 is 13.7 Å². The molecular weight excluding hydrogens is 359 g/mol. The molecule has 0 N–H and O–H groups in total. The predicted molar refractivity (Wildman–Crippen MR) is 104 cm³/mol. The fourth-order valence-electron chi connectivity index (χ4n) is 3.47. The van der Waals surface area contributed by atoms with E-state index < -0.39 is 0 Å². The molecule has 0 aliphatic carbocycles. The lowest BCUT2D eigenvalue weighted by Gasteiger charge is -2.36. The van der Waals surface area contributed by atoms with Gasteiger partial charge in [0, 0.05) is 37.4 Å². The van der Waals surface area contributed by atoms with Crippen LogP contribution in [0.2, 0.25) is 0 Å². The molecule has 2 heterocycles. The Labute approximate surface area is 162 Å². The molecule has 0 unspecified atom stereocenters. The summed E-state index contributed by atoms with van der Waals surface area (Å²) < 4.78 is 18.2. The number of benzene rings is 2. The molecule has 4 rings (SSSR count). The van der Waals surface area contributed by atoms with Gasteiger partial charge in [-0.3, -0.25) is 4.79 Å². The number of amides is 1. The van der Waals surface area contributed by atoms with E-state index in [-0.39, 0.29) is 23.4 Å². The minimum Gasteiger partial charge on any atom is -0.368 e. The highest BCUT2D eigenvalue weighted by Crippen LogP contribution is 2.23. The van der Waals surface area contributed by atoms with Crippen LogP contribution < -0.4 is 4.90 Å². The van der Waals surface area contributed by atoms with E-state index in [0.717, 1.165) is 13.1 Å². The first-order valence-electron chi connectivity index (χ1n) is 9.22. The zero-order valence-corrected chi connectivity index (χ0v) is 15.9. The van der Waals surface area contributed by atoms with Gasteiger partial charge in [-0.2, -0.15) is 4.98 Å². The molecule has 1 aliphatic rings. The molecule has 0 spiro atoms. The fourth-order valence-corrected chi connectivity index (χ4v) is 3.47. The van der Waals surface area contributed by atoms with E-state index in [1.165, 1.54) is 28.9 Å². The number of rotatable bonds is 3. The topological polar surface area (TPSA) is 62.5 Å². The molecule has 0 atom stereocenters. The first-order valence-corrected chi connectivity index (χ1v) is 9.22. The summed E-state index contributed by atoms with van der Waals surface area (Å²) >= 11 is 0. The second-order valence-corrected chi connectivity index (χ2v) is 7.00. The highest BCUT2D eigenvalue weighted by molar-refractivity contribution is 5.91. The minimum absolute atomic E-state index is 0.0271. The summed E-state index contributed by atoms with van der Waals surface area (Å²) in [6.45, 7) is 6.87. The van der Waals surface area contributed by atoms with Crippen molar-refractivity contribution in [2.45, 2.75) is 13.8 Å². The molecule has 2 aromatic carbocycles. The van der Waals surface area contributed by atoms with Gasteiger partial charge in [0.1, 0.15) is 5.82 Å². The van der Waals surface area contributed by atoms with Gasteiger partial charge in [-0.1, -0.05) is 22.9 Å². The van der Waals surface area contributed by atoms with E-state index in [1.807, 2.05) is 0 Å². The molecule has 1 fully saturated rings. The number of carbonyl (C=O) groups is 1. The number of hydrogen-bond acceptors (Lipinski definition) is 5. The maximum atomic E-state index is 13.0. The Morgan fingerprint density at radius 1 is 1.04 bits per heavy atom. The highest BCUT2D eigenvalue weighted by atomic mass is 19.1. The van der Waals surface area contributed by atoms with Gasteiger partial charge in [0.05, 0.1) is 0 Å². The Bertz CT molecular complexity index is 992. The molecule has 6 nitrogen and oxygen atoms in total. The molecular formula is C21H21FN4O2. The van der Waals surface area contributed by atoms with Crippen LogP contribution in [0.1, 0.15) is 21.7 Å². The second-order valence-electron chi connectivity index (χ2n) is 7.00. The molecule has 1 saturated heterocycles. The van der Waals surface area contributed by atoms with Crippen LogP contribution in [0.3, 0.4) is 0 Å². The van der Waals surface area contributed by atoms with Crippen molar-refractivity contribution in [3.8, 4) is 11.5 Å². The number of carbonyl (C=O) groups excluding carboxylic acids is 1. The van der Waals surface area contributed by atoms with E-state index in [1.54, 1.807) is 17.0 Å². The maximum Gasteiger partial charge on any atom is 0.295 e. The van der Waals surface area contributed by atoms with Crippen LogP contribution in [0.25, 0.3) is 11.5 Å². The Morgan fingerprint density at radius 3 is 2.43 bits per heavy atom. The average molecular weight is 380 g/mol. The lowest BCUT2D eigenvalue weighted by atomic mass is 10.1. The molecule has 0 saturated carbocycles. The van der Waals surface area contributed by atoms with Crippen molar-refractivity contribution in [3.63, 3.8) is 0 Å². The number of aryl methyl sites for hydroxylation is 2. The number of piperazine rings is 1. The Kier molecular flexibility index (Phi) is 4.81. The quantitative estimate of drug-likeness (QED) is 0.696. The molecule has 0 bridgehead atoms. The van der Waals surface area contributed by atoms with Crippen LogP contribution >= 0.6 is 0 Å². The van der Waals surface area contributed by atoms with E-state index in [0.29, 0.717) is 18.7 Å². The molecule has 1 aromatic heterocycles. The zero-order valence-electron chi connectivity index (χ0n) is 15.9. The van der Waals surface area contributed by atoms with Crippen LogP contribution in [-0.2, 0) is 0 Å². The van der Waals surface area contributed by atoms with Crippen LogP contribution in [0, 0.1) is 19.7 Å². The number of aromatic nitrogens is 2. The van der Waals surface area contributed by atoms with Gasteiger partial charge in [0.2, 0.25) is 0 Å². The van der Waals surface area contributed by atoms with E-state index in [2.05, 4.69) is 47.1 Å². The first kappa shape index (κ1) is 18.2. The maximum absolute atomic E-state index is 13.0. The molecule has 7 heteroatoms. The molecule has 1 aliphatic heterocycles. The van der Waals surface area contributed by atoms with Gasteiger partial charge in [0.15, 0.2) is 0 Å². The molecule has 1 amide bonds. The second kappa shape index (κ2) is 7.42. The largest absolute Gasteiger partial charge is 0.368 e. The SMILES string of the molecule is Cc1ccc(N2CCN(C(=O)c3noc(-c4ccc(F)cc4)n3)CC2)c(C)c1. The normalized spacial score (nSPS) is 14.4. The van der Waals surface area contributed by atoms with E-state index in [4.69, 9.17) is 4.52 Å². The standard InChI is InChI=1S/C21H21FN4O2/c1-14-3-8-18(15(2)13-14)25-9-11-26(12-10-25)21(27)19-23-20(28-24-19)16-4-6-17(22)7-5-16/h3-8,13H,9-12H2,1-2H3. The van der Waals surface area contributed by atoms with Gasteiger partial charge in [-0.05, 0) is 49.7 Å². The van der Waals surface area contributed by atoms with Crippen molar-refractivity contribution in [1.82, 2.24) is 15.0 Å². The zero-order chi connectivity index (χ0) is 19.7. The summed E-state index contributed by atoms with van der Waals surface area (Å²) in [7, 11) is 0. The average Bonchev–Trinajstić information content (AvgIpc) is 3.18. The summed E-state index contributed by atoms with van der Waals surface area (Å²) in [5.74, 6) is -0.366. The van der Waals surface area contributed by atoms with Crippen LogP contribution in [0.15, 0.2) is 47.0 Å². The van der Waals surface area contributed by atoms with Crippen molar-refractivity contribution >= 4 is 11.6 Å². The van der Waals surface area contributed by atoms with Crippen molar-refractivity contribution in [1.29, 1.82) is 0 Å². The number of halogens is 1. The van der Waals surface area contributed by atoms with E-state index >= 15 is 0 Å². The van der Waals surface area contributed by atoms with Crippen molar-refractivity contribution in [2.24, 2.45) is 0 Å². The van der Waals surface area contributed by atoms with Gasteiger partial charge < -0.3 is 14.3 Å². The first-order chi connectivity index (χ1) is 13.5. The Hall–Kier alpha value is -3.22. The van der Waals surface area contributed by atoms with Crippen molar-refractivity contribution in [3.05, 3.63) is 65.2 Å². The van der Waals surface area contributed by atoms with Crippen LogP contribution in [0.5, 0.6) is 0 Å². The van der Waals surface area contributed by atoms with Gasteiger partial charge in [-0.15, -0.1) is 0 Å². The highest BCUT2D eigenvalue weighted by Gasteiger charge is 2.26. The third kappa shape index (κ3) is 3.60. The monoisotopic (exact) mass is 380 g/mol. The molecule has 0 radical (unpaired) electrons. The van der Waals surface area contributed by atoms with Gasteiger partial charge in [-0.25, -0.2) is 4.39 Å². The van der Waals surface area contributed by atoms with Gasteiger partial charge in [0.25, 0.3) is 17.6 Å². The fraction of sp³-hybridized carbons (Fsp3) is 0.286. The van der Waals surface area contributed by atoms with Gasteiger partial charge >= 0.3 is 0 Å². The molecule has 144 valence electrons. The van der Waals surface area contributed by atoms with E-state index in [9.17, 15) is 9.18 Å². The number of anilines is 1. The third-order valence-electron chi connectivity index (χ3n) is 4.97. The Balaban J connectivity index is 1.42. The van der Waals surface area contributed by atoms with Crippen LogP contribution in [-0.4, -0.2) is 47.1 Å². The summed E-state index contributed by atoms with van der Waals surface area (Å²) in [6, 6.07) is 12.1. The number of hydrogen-bond donors (Lipinski definition) is 0. The molecule has 3 aromatic rings. The lowest BCUT2D eigenvalue weighted by Crippen LogP contribution is -2.49. The number of nitrogens with zero attached hydrogens (tertiary/aromatic N) is 4. The van der Waals surface area contributed by atoms with Crippen molar-refractivity contribution in [2.75, 3.05) is 31.1 Å². The smallest absolute Gasteiger partial charge is 0.295 e. The van der Waals surface area contributed by atoms with Crippen LogP contribution in [0.4, 0.5) is 10.1 Å². The summed E-state index contributed by atoms with van der Waals surface area (Å²) in [5.41, 5.74) is 4.26. The third-order valence-corrected chi connectivity index (χ3v) is 4.97. The lowest BCUT2D eigenvalue weighted by molar-refractivity contribution is 0.0731. The molecule has 28 heavy (non-hydrogen) atoms.